The molecule has 334 valence electrons. The van der Waals surface area contributed by atoms with E-state index in [9.17, 15) is 19.8 Å². The van der Waals surface area contributed by atoms with Crippen LogP contribution in [0.1, 0.15) is 73.4 Å². The number of carbonyl (C=O) groups excluding carboxylic acids is 2. The Balaban J connectivity index is 0.000000168. The van der Waals surface area contributed by atoms with Gasteiger partial charge >= 0.3 is 0 Å². The fraction of sp³-hybridized carbons (Fsp3) is 0.609. The van der Waals surface area contributed by atoms with E-state index in [-0.39, 0.29) is 31.4 Å². The fourth-order valence-corrected chi connectivity index (χ4v) is 10.7. The largest absolute Gasteiger partial charge is 0.393 e. The zero-order valence-electron chi connectivity index (χ0n) is 35.9. The van der Waals surface area contributed by atoms with Crippen LogP contribution in [0.2, 0.25) is 0 Å². The number of anilines is 2. The van der Waals surface area contributed by atoms with Crippen molar-refractivity contribution in [3.05, 3.63) is 84.5 Å². The van der Waals surface area contributed by atoms with Crippen LogP contribution in [0.15, 0.2) is 67.6 Å². The van der Waals surface area contributed by atoms with Gasteiger partial charge in [-0.1, -0.05) is 21.3 Å². The van der Waals surface area contributed by atoms with Crippen molar-refractivity contribution < 1.29 is 19.8 Å². The van der Waals surface area contributed by atoms with Gasteiger partial charge in [0.25, 0.3) is 11.8 Å². The molecule has 16 nitrogen and oxygen atoms in total. The Morgan fingerprint density at radius 3 is 1.42 bits per heavy atom. The van der Waals surface area contributed by atoms with Crippen LogP contribution in [0.4, 0.5) is 11.9 Å². The van der Waals surface area contributed by atoms with Gasteiger partial charge in [-0.05, 0) is 92.4 Å². The molecule has 0 bridgehead atoms. The van der Waals surface area contributed by atoms with E-state index in [1.807, 2.05) is 41.0 Å². The molecule has 4 aromatic rings. The third kappa shape index (κ3) is 9.12. The molecule has 0 aromatic carbocycles. The van der Waals surface area contributed by atoms with Crippen LogP contribution in [-0.2, 0) is 0 Å². The molecule has 2 amide bonds. The molecule has 4 saturated heterocycles. The Bertz CT molecular complexity index is 2050. The maximum absolute atomic E-state index is 13.2. The van der Waals surface area contributed by atoms with Crippen molar-refractivity contribution in [1.82, 2.24) is 39.1 Å². The predicted molar refractivity (Wildman–Crippen MR) is 239 cm³/mol. The van der Waals surface area contributed by atoms with Crippen LogP contribution >= 0.6 is 0 Å². The zero-order chi connectivity index (χ0) is 42.2. The number of fused-ring (bicyclic) bond motifs is 2. The average molecular weight is 851 g/mol. The summed E-state index contributed by atoms with van der Waals surface area (Å²) in [6, 6.07) is 8.13. The van der Waals surface area contributed by atoms with E-state index in [0.29, 0.717) is 58.5 Å². The van der Waals surface area contributed by atoms with Crippen LogP contribution in [0.3, 0.4) is 0 Å². The van der Waals surface area contributed by atoms with Gasteiger partial charge in [-0.2, -0.15) is 0 Å². The summed E-state index contributed by atoms with van der Waals surface area (Å²) >= 11 is 0. The van der Waals surface area contributed by atoms with Gasteiger partial charge in [0.2, 0.25) is 11.9 Å². The minimum Gasteiger partial charge on any atom is -0.393 e. The monoisotopic (exact) mass is 851 g/mol. The Hall–Kier alpha value is -5.22. The molecule has 2 N–H and O–H groups in total. The van der Waals surface area contributed by atoms with Crippen molar-refractivity contribution >= 4 is 23.7 Å². The fourth-order valence-electron chi connectivity index (χ4n) is 10.7. The highest BCUT2D eigenvalue weighted by molar-refractivity contribution is 5.95. The molecule has 4 aromatic heterocycles. The molecule has 16 heteroatoms. The van der Waals surface area contributed by atoms with Gasteiger partial charge in [-0.25, -0.2) is 19.9 Å². The summed E-state index contributed by atoms with van der Waals surface area (Å²) in [6.45, 7) is 16.2. The van der Waals surface area contributed by atoms with Crippen molar-refractivity contribution in [2.24, 2.45) is 35.5 Å². The van der Waals surface area contributed by atoms with E-state index >= 15 is 0 Å². The summed E-state index contributed by atoms with van der Waals surface area (Å²) in [7, 11) is 0. The van der Waals surface area contributed by atoms with Crippen molar-refractivity contribution in [2.75, 3.05) is 98.4 Å². The Kier molecular flexibility index (Phi) is 13.1. The van der Waals surface area contributed by atoms with Crippen LogP contribution in [0.5, 0.6) is 0 Å². The first-order valence-corrected chi connectivity index (χ1v) is 22.4. The molecule has 2 aliphatic carbocycles. The first kappa shape index (κ1) is 43.4. The van der Waals surface area contributed by atoms with E-state index in [4.69, 9.17) is 4.98 Å². The van der Waals surface area contributed by atoms with E-state index in [1.54, 1.807) is 18.6 Å². The smallest absolute Gasteiger partial charge is 0.257 e. The maximum Gasteiger partial charge on any atom is 0.257 e. The van der Waals surface area contributed by atoms with E-state index in [1.165, 1.54) is 0 Å². The molecule has 2 saturated carbocycles. The lowest BCUT2D eigenvalue weighted by Gasteiger charge is -2.36. The molecule has 8 heterocycles. The molecule has 62 heavy (non-hydrogen) atoms. The summed E-state index contributed by atoms with van der Waals surface area (Å²) in [6.07, 6.45) is 16.4. The van der Waals surface area contributed by atoms with Crippen LogP contribution in [-0.4, -0.2) is 152 Å². The minimum atomic E-state index is -0.237. The molecular weight excluding hydrogens is 785 g/mol. The second-order valence-corrected chi connectivity index (χ2v) is 18.4. The molecule has 4 aliphatic heterocycles. The molecule has 8 atom stereocenters. The number of nitrogens with zero attached hydrogens (tertiary/aromatic N) is 12. The average Bonchev–Trinajstić information content (AvgIpc) is 4.13. The summed E-state index contributed by atoms with van der Waals surface area (Å²) in [4.78, 5) is 52.7. The summed E-state index contributed by atoms with van der Waals surface area (Å²) in [5.41, 5.74) is 1.89. The lowest BCUT2D eigenvalue weighted by atomic mass is 9.75. The third-order valence-corrected chi connectivity index (χ3v) is 14.5. The molecule has 0 spiro atoms. The minimum absolute atomic E-state index is 0. The van der Waals surface area contributed by atoms with Crippen LogP contribution in [0, 0.1) is 42.4 Å². The van der Waals surface area contributed by atoms with Crippen LogP contribution in [0.25, 0.3) is 0 Å². The number of aliphatic hydroxyl groups is 2. The normalized spacial score (nSPS) is 28.5. The number of piperazine rings is 2. The van der Waals surface area contributed by atoms with Crippen molar-refractivity contribution in [3.63, 3.8) is 0 Å². The number of hydrogen-bond acceptors (Lipinski definition) is 12. The van der Waals surface area contributed by atoms with Crippen molar-refractivity contribution in [2.45, 2.75) is 66.1 Å². The van der Waals surface area contributed by atoms with Gasteiger partial charge in [0.1, 0.15) is 0 Å². The zero-order valence-corrected chi connectivity index (χ0v) is 35.9. The molecular formula is C46H66N12O4. The van der Waals surface area contributed by atoms with E-state index < -0.39 is 0 Å². The highest BCUT2D eigenvalue weighted by Gasteiger charge is 2.43. The molecule has 10 rings (SSSR count). The van der Waals surface area contributed by atoms with Crippen molar-refractivity contribution in [3.8, 4) is 0 Å². The van der Waals surface area contributed by atoms with Gasteiger partial charge in [-0.15, -0.1) is 0 Å². The molecule has 0 radical (unpaired) electrons. The van der Waals surface area contributed by atoms with Gasteiger partial charge in [0.05, 0.1) is 55.2 Å². The summed E-state index contributed by atoms with van der Waals surface area (Å²) < 4.78 is 4.24. The number of rotatable bonds is 6. The Morgan fingerprint density at radius 2 is 0.968 bits per heavy atom. The van der Waals surface area contributed by atoms with Crippen molar-refractivity contribution in [1.29, 1.82) is 0 Å². The Morgan fingerprint density at radius 1 is 0.565 bits per heavy atom. The second-order valence-electron chi connectivity index (χ2n) is 18.4. The summed E-state index contributed by atoms with van der Waals surface area (Å²) in [5, 5.41) is 24.9. The lowest BCUT2D eigenvalue weighted by Crippen LogP contribution is -2.51. The maximum atomic E-state index is 13.2. The van der Waals surface area contributed by atoms with Gasteiger partial charge in [0.15, 0.2) is 0 Å². The first-order valence-electron chi connectivity index (χ1n) is 22.4. The van der Waals surface area contributed by atoms with Gasteiger partial charge in [0, 0.05) is 95.7 Å². The molecule has 6 aliphatic rings. The standard InChI is InChI=1S/C23H32N6O2.C22H30N6O2.CH4/c1-16-11-18-14-27(15-19(18)12-21(16)30)22(31)20-13-24-23(25-17(20)2)26-7-9-29(10-8-26)28-5-3-4-6-28;1-16-10-17-14-26(15-18(17)11-20(16)29)21(30)19-12-23-22(24-13-19)25-6-8-28(9-7-25)27-4-2-3-5-27;/h3-6,13,16,18-19,21,30H,7-12,14-15H2,1-2H3;2-5,12-13,16-18,20,29H,6-11,14-15H2,1H3;1H4. The van der Waals surface area contributed by atoms with Crippen LogP contribution < -0.4 is 19.8 Å². The lowest BCUT2D eigenvalue weighted by molar-refractivity contribution is 0.0382. The quantitative estimate of drug-likeness (QED) is 0.293. The second kappa shape index (κ2) is 18.6. The number of aryl methyl sites for hydroxylation is 1. The SMILES string of the molecule is C.CC1CC2CN(C(=O)c3cnc(N4CCN(n5cccc5)CC4)nc3)CC2CC1O.Cc1nc(N2CCN(n3cccc3)CC2)ncc1C(=O)N1CC2CC(C)C(O)CC2C1. The predicted octanol–water partition coefficient (Wildman–Crippen LogP) is 3.38. The number of carbonyl (C=O) groups is 2. The highest BCUT2D eigenvalue weighted by Crippen LogP contribution is 2.40. The topological polar surface area (TPSA) is 155 Å². The highest BCUT2D eigenvalue weighted by atomic mass is 16.3. The number of hydrogen-bond donors (Lipinski definition) is 2. The third-order valence-electron chi connectivity index (χ3n) is 14.5. The number of likely N-dealkylation sites (tertiary alicyclic amines) is 2. The van der Waals surface area contributed by atoms with E-state index in [2.05, 4.69) is 82.8 Å². The molecule has 8 unspecified atom stereocenters. The summed E-state index contributed by atoms with van der Waals surface area (Å²) in [5.74, 6) is 3.89. The van der Waals surface area contributed by atoms with Gasteiger partial charge < -0.3 is 39.8 Å². The Labute approximate surface area is 366 Å². The number of amides is 2. The number of aromatic nitrogens is 6. The van der Waals surface area contributed by atoms with Gasteiger partial charge in [-0.3, -0.25) is 18.9 Å². The number of aliphatic hydroxyl groups excluding tert-OH is 2. The first-order chi connectivity index (χ1) is 29.6. The van der Waals surface area contributed by atoms with E-state index in [0.717, 1.165) is 110 Å². The molecule has 6 fully saturated rings.